The molecule has 1 aliphatic heterocycles. The van der Waals surface area contributed by atoms with E-state index in [1.54, 1.807) is 0 Å². The molecule has 2 aliphatic rings. The largest absolute Gasteiger partial charge is 0.376 e. The van der Waals surface area contributed by atoms with E-state index >= 15 is 0 Å². The van der Waals surface area contributed by atoms with Crippen molar-refractivity contribution in [2.45, 2.75) is 37.8 Å². The second kappa shape index (κ2) is 5.23. The van der Waals surface area contributed by atoms with E-state index in [-0.39, 0.29) is 5.54 Å². The topological polar surface area (TPSA) is 38.5 Å². The first kappa shape index (κ1) is 13.1. The number of benzene rings is 1. The van der Waals surface area contributed by atoms with Crippen molar-refractivity contribution in [2.24, 2.45) is 5.73 Å². The van der Waals surface area contributed by atoms with E-state index in [4.69, 9.17) is 10.5 Å². The Morgan fingerprint density at radius 2 is 2.00 bits per heavy atom. The SMILES string of the molecule is CCC1CN(C2(CN)Cc3ccccc3C2)CCO1. The molecule has 0 aromatic heterocycles. The van der Waals surface area contributed by atoms with E-state index in [0.29, 0.717) is 6.10 Å². The summed E-state index contributed by atoms with van der Waals surface area (Å²) in [5.41, 5.74) is 9.27. The summed E-state index contributed by atoms with van der Waals surface area (Å²) >= 11 is 0. The minimum atomic E-state index is 0.126. The Bertz CT molecular complexity index is 421. The van der Waals surface area contributed by atoms with Crippen LogP contribution < -0.4 is 5.73 Å². The molecular formula is C16H24N2O. The fourth-order valence-electron chi connectivity index (χ4n) is 3.57. The second-order valence-corrected chi connectivity index (χ2v) is 5.90. The molecule has 1 fully saturated rings. The van der Waals surface area contributed by atoms with Gasteiger partial charge in [0.15, 0.2) is 0 Å². The Hall–Kier alpha value is -0.900. The van der Waals surface area contributed by atoms with Crippen LogP contribution in [0.3, 0.4) is 0 Å². The third-order valence-electron chi connectivity index (χ3n) is 4.80. The van der Waals surface area contributed by atoms with Crippen LogP contribution in [0.15, 0.2) is 24.3 Å². The molecule has 1 aliphatic carbocycles. The van der Waals surface area contributed by atoms with Gasteiger partial charge in [0.05, 0.1) is 12.7 Å². The van der Waals surface area contributed by atoms with Gasteiger partial charge in [0.2, 0.25) is 0 Å². The fourth-order valence-corrected chi connectivity index (χ4v) is 3.57. The van der Waals surface area contributed by atoms with Gasteiger partial charge in [-0.15, -0.1) is 0 Å². The van der Waals surface area contributed by atoms with Crippen LogP contribution >= 0.6 is 0 Å². The van der Waals surface area contributed by atoms with E-state index < -0.39 is 0 Å². The maximum Gasteiger partial charge on any atom is 0.0700 e. The van der Waals surface area contributed by atoms with E-state index in [0.717, 1.165) is 45.5 Å². The molecule has 0 radical (unpaired) electrons. The van der Waals surface area contributed by atoms with Gasteiger partial charge in [-0.2, -0.15) is 0 Å². The number of hydrogen-bond acceptors (Lipinski definition) is 3. The molecule has 1 saturated heterocycles. The molecule has 0 amide bonds. The third kappa shape index (κ3) is 2.31. The minimum absolute atomic E-state index is 0.126. The molecule has 0 saturated carbocycles. The molecule has 0 spiro atoms. The Morgan fingerprint density at radius 3 is 2.58 bits per heavy atom. The first-order valence-electron chi connectivity index (χ1n) is 7.41. The third-order valence-corrected chi connectivity index (χ3v) is 4.80. The molecule has 19 heavy (non-hydrogen) atoms. The lowest BCUT2D eigenvalue weighted by atomic mass is 9.92. The van der Waals surface area contributed by atoms with Crippen LogP contribution in [-0.4, -0.2) is 42.8 Å². The molecule has 1 atom stereocenters. The number of fused-ring (bicyclic) bond motifs is 1. The summed E-state index contributed by atoms with van der Waals surface area (Å²) in [5.74, 6) is 0. The lowest BCUT2D eigenvalue weighted by molar-refractivity contribution is -0.0669. The Labute approximate surface area is 115 Å². The van der Waals surface area contributed by atoms with Crippen molar-refractivity contribution >= 4 is 0 Å². The van der Waals surface area contributed by atoms with Gasteiger partial charge in [-0.3, -0.25) is 4.90 Å². The number of nitrogens with zero attached hydrogens (tertiary/aromatic N) is 1. The van der Waals surface area contributed by atoms with Crippen LogP contribution in [0.4, 0.5) is 0 Å². The zero-order valence-electron chi connectivity index (χ0n) is 11.8. The van der Waals surface area contributed by atoms with Gasteiger partial charge in [-0.25, -0.2) is 0 Å². The molecule has 3 rings (SSSR count). The van der Waals surface area contributed by atoms with Gasteiger partial charge >= 0.3 is 0 Å². The molecule has 1 unspecified atom stereocenters. The average Bonchev–Trinajstić information content (AvgIpc) is 2.87. The molecule has 104 valence electrons. The number of hydrogen-bond donors (Lipinski definition) is 1. The molecule has 1 aromatic carbocycles. The maximum absolute atomic E-state index is 6.18. The van der Waals surface area contributed by atoms with Crippen LogP contribution in [0.25, 0.3) is 0 Å². The lowest BCUT2D eigenvalue weighted by Gasteiger charge is -2.45. The summed E-state index contributed by atoms with van der Waals surface area (Å²) in [6.45, 7) is 5.82. The van der Waals surface area contributed by atoms with Crippen LogP contribution in [0.1, 0.15) is 24.5 Å². The predicted octanol–water partition coefficient (Wildman–Crippen LogP) is 1.59. The van der Waals surface area contributed by atoms with Crippen molar-refractivity contribution < 1.29 is 4.74 Å². The zero-order chi connectivity index (χ0) is 13.3. The number of morpholine rings is 1. The normalized spacial score (nSPS) is 26.3. The van der Waals surface area contributed by atoms with Crippen molar-refractivity contribution in [3.05, 3.63) is 35.4 Å². The van der Waals surface area contributed by atoms with Gasteiger partial charge in [-0.1, -0.05) is 31.2 Å². The predicted molar refractivity (Wildman–Crippen MR) is 77.2 cm³/mol. The van der Waals surface area contributed by atoms with Gasteiger partial charge in [-0.05, 0) is 30.4 Å². The van der Waals surface area contributed by atoms with Gasteiger partial charge in [0.1, 0.15) is 0 Å². The van der Waals surface area contributed by atoms with Crippen molar-refractivity contribution in [1.82, 2.24) is 4.90 Å². The molecule has 2 N–H and O–H groups in total. The molecule has 1 aromatic rings. The average molecular weight is 260 g/mol. The van der Waals surface area contributed by atoms with Crippen LogP contribution in [0.2, 0.25) is 0 Å². The maximum atomic E-state index is 6.18. The second-order valence-electron chi connectivity index (χ2n) is 5.90. The highest BCUT2D eigenvalue weighted by molar-refractivity contribution is 5.36. The quantitative estimate of drug-likeness (QED) is 0.897. The molecular weight excluding hydrogens is 236 g/mol. The standard InChI is InChI=1S/C16H24N2O/c1-2-15-11-18(7-8-19-15)16(12-17)9-13-5-3-4-6-14(13)10-16/h3-6,15H,2,7-12,17H2,1H3. The van der Waals surface area contributed by atoms with Crippen molar-refractivity contribution in [3.63, 3.8) is 0 Å². The Balaban J connectivity index is 1.82. The van der Waals surface area contributed by atoms with Gasteiger partial charge in [0, 0.05) is 25.2 Å². The first-order chi connectivity index (χ1) is 9.27. The van der Waals surface area contributed by atoms with Gasteiger partial charge < -0.3 is 10.5 Å². The van der Waals surface area contributed by atoms with E-state index in [2.05, 4.69) is 36.1 Å². The molecule has 1 heterocycles. The first-order valence-corrected chi connectivity index (χ1v) is 7.41. The molecule has 0 bridgehead atoms. The van der Waals surface area contributed by atoms with Crippen molar-refractivity contribution in [1.29, 1.82) is 0 Å². The van der Waals surface area contributed by atoms with Crippen LogP contribution in [0, 0.1) is 0 Å². The Morgan fingerprint density at radius 1 is 1.32 bits per heavy atom. The lowest BCUT2D eigenvalue weighted by Crippen LogP contribution is -2.60. The summed E-state index contributed by atoms with van der Waals surface area (Å²) in [6.07, 6.45) is 3.65. The van der Waals surface area contributed by atoms with Crippen LogP contribution in [-0.2, 0) is 17.6 Å². The monoisotopic (exact) mass is 260 g/mol. The number of nitrogens with two attached hydrogens (primary N) is 1. The zero-order valence-corrected chi connectivity index (χ0v) is 11.8. The summed E-state index contributed by atoms with van der Waals surface area (Å²) in [7, 11) is 0. The molecule has 3 heteroatoms. The minimum Gasteiger partial charge on any atom is -0.376 e. The van der Waals surface area contributed by atoms with Crippen molar-refractivity contribution in [3.8, 4) is 0 Å². The highest BCUT2D eigenvalue weighted by atomic mass is 16.5. The fraction of sp³-hybridized carbons (Fsp3) is 0.625. The summed E-state index contributed by atoms with van der Waals surface area (Å²) < 4.78 is 5.80. The van der Waals surface area contributed by atoms with E-state index in [1.807, 2.05) is 0 Å². The van der Waals surface area contributed by atoms with Gasteiger partial charge in [0.25, 0.3) is 0 Å². The summed E-state index contributed by atoms with van der Waals surface area (Å²) in [4.78, 5) is 2.59. The van der Waals surface area contributed by atoms with Crippen LogP contribution in [0.5, 0.6) is 0 Å². The summed E-state index contributed by atoms with van der Waals surface area (Å²) in [6, 6.07) is 8.79. The van der Waals surface area contributed by atoms with E-state index in [9.17, 15) is 0 Å². The molecule has 3 nitrogen and oxygen atoms in total. The number of ether oxygens (including phenoxy) is 1. The highest BCUT2D eigenvalue weighted by Gasteiger charge is 2.42. The van der Waals surface area contributed by atoms with E-state index in [1.165, 1.54) is 11.1 Å². The smallest absolute Gasteiger partial charge is 0.0700 e. The number of rotatable bonds is 3. The highest BCUT2D eigenvalue weighted by Crippen LogP contribution is 2.35. The summed E-state index contributed by atoms with van der Waals surface area (Å²) in [5, 5.41) is 0. The van der Waals surface area contributed by atoms with Crippen molar-refractivity contribution in [2.75, 3.05) is 26.2 Å². The Kier molecular flexibility index (Phi) is 3.61.